The summed E-state index contributed by atoms with van der Waals surface area (Å²) in [6.45, 7) is 1.65. The third kappa shape index (κ3) is 88.7. The van der Waals surface area contributed by atoms with E-state index in [0.29, 0.717) is 0 Å². The van der Waals surface area contributed by atoms with E-state index in [-0.39, 0.29) is 32.0 Å². The summed E-state index contributed by atoms with van der Waals surface area (Å²) in [6.07, 6.45) is 4.79. The average molecular weight is 443 g/mol. The Kier molecular flexibility index (Phi) is 38.8. The summed E-state index contributed by atoms with van der Waals surface area (Å²) < 4.78 is 34.1. The van der Waals surface area contributed by atoms with Crippen LogP contribution in [0, 0.1) is 0 Å². The van der Waals surface area contributed by atoms with E-state index in [1.54, 1.807) is 0 Å². The molecule has 0 aromatic carbocycles. The Morgan fingerprint density at radius 1 is 0.812 bits per heavy atom. The minimum atomic E-state index is -5.17. The summed E-state index contributed by atoms with van der Waals surface area (Å²) in [4.78, 5) is 0. The molecule has 0 aromatic rings. The van der Waals surface area contributed by atoms with Crippen LogP contribution in [0.5, 0.6) is 0 Å². The monoisotopic (exact) mass is 443 g/mol. The van der Waals surface area contributed by atoms with E-state index in [4.69, 9.17) is 29.0 Å². The van der Waals surface area contributed by atoms with Crippen LogP contribution in [0.3, 0.4) is 0 Å². The Bertz CT molecular complexity index is 175. The van der Waals surface area contributed by atoms with Crippen molar-refractivity contribution in [1.29, 1.82) is 0 Å². The van der Waals surface area contributed by atoms with Gasteiger partial charge in [-0.3, -0.25) is 8.42 Å². The first-order valence-electron chi connectivity index (χ1n) is 3.98. The standard InChI is InChI=1S/C6H16N2.H2O4S.2H2O.Pt/c7-5-3-1-2-4-6-8;1-5(2,3)4;;;/h1-8H2;(H2,1,2,3,4);2*1H2;/q;;;;+2/p-2. The smallest absolute Gasteiger partial charge is 0.759 e. The molecule has 0 rings (SSSR count). The SMILES string of the molecule is NCCCCCCN.O.O.O=S(=O)([O-])[O-].[Pt+2]. The fraction of sp³-hybridized carbons (Fsp3) is 1.00. The van der Waals surface area contributed by atoms with Crippen molar-refractivity contribution in [2.24, 2.45) is 11.5 Å². The van der Waals surface area contributed by atoms with Crippen LogP contribution in [0.2, 0.25) is 0 Å². The molecule has 106 valence electrons. The van der Waals surface area contributed by atoms with Gasteiger partial charge in [-0.2, -0.15) is 0 Å². The number of unbranched alkanes of at least 4 members (excludes halogenated alkanes) is 3. The van der Waals surface area contributed by atoms with E-state index in [1.165, 1.54) is 12.8 Å². The van der Waals surface area contributed by atoms with Gasteiger partial charge in [0.25, 0.3) is 0 Å². The van der Waals surface area contributed by atoms with Gasteiger partial charge >= 0.3 is 21.1 Å². The molecule has 8 N–H and O–H groups in total. The van der Waals surface area contributed by atoms with Crippen LogP contribution in [-0.4, -0.2) is 41.6 Å². The van der Waals surface area contributed by atoms with Crippen LogP contribution >= 0.6 is 0 Å². The second-order valence-electron chi connectivity index (χ2n) is 2.40. The van der Waals surface area contributed by atoms with Crippen LogP contribution in [0.15, 0.2) is 0 Å². The fourth-order valence-corrected chi connectivity index (χ4v) is 0.642. The molecule has 0 aliphatic heterocycles. The summed E-state index contributed by atoms with van der Waals surface area (Å²) in [5, 5.41) is 0. The van der Waals surface area contributed by atoms with Gasteiger partial charge in [0.15, 0.2) is 0 Å². The van der Waals surface area contributed by atoms with Gasteiger partial charge in [0.2, 0.25) is 0 Å². The molecule has 0 spiro atoms. The molecule has 0 aromatic heterocycles. The third-order valence-corrected chi connectivity index (χ3v) is 1.16. The fourth-order valence-electron chi connectivity index (χ4n) is 0.642. The zero-order valence-corrected chi connectivity index (χ0v) is 11.8. The topological polar surface area (TPSA) is 195 Å². The molecule has 0 aliphatic rings. The van der Waals surface area contributed by atoms with Crippen LogP contribution in [0.1, 0.15) is 25.7 Å². The quantitative estimate of drug-likeness (QED) is 0.267. The molecule has 8 nitrogen and oxygen atoms in total. The predicted molar refractivity (Wildman–Crippen MR) is 54.3 cm³/mol. The summed E-state index contributed by atoms with van der Waals surface area (Å²) in [5.74, 6) is 0. The van der Waals surface area contributed by atoms with Crippen molar-refractivity contribution < 1.29 is 49.5 Å². The second-order valence-corrected chi connectivity index (χ2v) is 3.22. The van der Waals surface area contributed by atoms with Crippen LogP contribution < -0.4 is 11.5 Å². The first-order chi connectivity index (χ1) is 5.91. The van der Waals surface area contributed by atoms with Crippen molar-refractivity contribution >= 4 is 10.4 Å². The van der Waals surface area contributed by atoms with E-state index in [0.717, 1.165) is 25.9 Å². The van der Waals surface area contributed by atoms with E-state index in [9.17, 15) is 0 Å². The molecule has 0 heterocycles. The Balaban J connectivity index is -0.0000000454. The van der Waals surface area contributed by atoms with E-state index < -0.39 is 10.4 Å². The minimum absolute atomic E-state index is 0. The van der Waals surface area contributed by atoms with Crippen LogP contribution in [-0.2, 0) is 31.5 Å². The van der Waals surface area contributed by atoms with E-state index in [1.807, 2.05) is 0 Å². The van der Waals surface area contributed by atoms with Crippen molar-refractivity contribution in [3.63, 3.8) is 0 Å². The van der Waals surface area contributed by atoms with Gasteiger partial charge < -0.3 is 31.5 Å². The normalized spacial score (nSPS) is 8.50. The van der Waals surface area contributed by atoms with Crippen molar-refractivity contribution in [3.05, 3.63) is 0 Å². The Morgan fingerprint density at radius 3 is 1.12 bits per heavy atom. The maximum Gasteiger partial charge on any atom is 2.00 e. The molecule has 0 amide bonds. The van der Waals surface area contributed by atoms with Crippen molar-refractivity contribution in [3.8, 4) is 0 Å². The summed E-state index contributed by atoms with van der Waals surface area (Å²) in [5.41, 5.74) is 10.6. The molecule has 0 saturated carbocycles. The molecule has 0 saturated heterocycles. The maximum absolute atomic E-state index is 8.52. The van der Waals surface area contributed by atoms with Gasteiger partial charge in [-0.05, 0) is 25.9 Å². The van der Waals surface area contributed by atoms with Crippen LogP contribution in [0.4, 0.5) is 0 Å². The molecule has 0 atom stereocenters. The molecule has 0 aliphatic carbocycles. The first-order valence-corrected chi connectivity index (χ1v) is 5.32. The summed E-state index contributed by atoms with van der Waals surface area (Å²) in [7, 11) is -5.17. The molecule has 0 fully saturated rings. The number of hydrogen-bond donors (Lipinski definition) is 2. The molecule has 0 bridgehead atoms. The van der Waals surface area contributed by atoms with Gasteiger partial charge in [-0.1, -0.05) is 12.8 Å². The molecular formula is C6H20N2O6PtS. The van der Waals surface area contributed by atoms with Gasteiger partial charge in [-0.25, -0.2) is 0 Å². The van der Waals surface area contributed by atoms with Crippen molar-refractivity contribution in [2.45, 2.75) is 25.7 Å². The third-order valence-electron chi connectivity index (χ3n) is 1.16. The van der Waals surface area contributed by atoms with Crippen molar-refractivity contribution in [1.82, 2.24) is 0 Å². The second kappa shape index (κ2) is 20.8. The molecular weight excluding hydrogens is 423 g/mol. The number of nitrogens with two attached hydrogens (primary N) is 2. The van der Waals surface area contributed by atoms with Crippen molar-refractivity contribution in [2.75, 3.05) is 13.1 Å². The molecule has 0 radical (unpaired) electrons. The average Bonchev–Trinajstić information content (AvgIpc) is 1.95. The van der Waals surface area contributed by atoms with Gasteiger partial charge in [0, 0.05) is 10.4 Å². The molecule has 16 heavy (non-hydrogen) atoms. The van der Waals surface area contributed by atoms with Gasteiger partial charge in [0.1, 0.15) is 0 Å². The maximum atomic E-state index is 8.52. The van der Waals surface area contributed by atoms with Gasteiger partial charge in [0.05, 0.1) is 0 Å². The van der Waals surface area contributed by atoms with E-state index >= 15 is 0 Å². The number of hydrogen-bond acceptors (Lipinski definition) is 6. The predicted octanol–water partition coefficient (Wildman–Crippen LogP) is -2.53. The molecule has 0 unspecified atom stereocenters. The van der Waals surface area contributed by atoms with E-state index in [2.05, 4.69) is 0 Å². The summed E-state index contributed by atoms with van der Waals surface area (Å²) in [6, 6.07) is 0. The minimum Gasteiger partial charge on any atom is -0.759 e. The van der Waals surface area contributed by atoms with Crippen LogP contribution in [0.25, 0.3) is 0 Å². The zero-order valence-electron chi connectivity index (χ0n) is 8.75. The Morgan fingerprint density at radius 2 is 1.00 bits per heavy atom. The molecule has 10 heteroatoms. The largest absolute Gasteiger partial charge is 2.00 e. The van der Waals surface area contributed by atoms with Gasteiger partial charge in [-0.15, -0.1) is 0 Å². The summed E-state index contributed by atoms with van der Waals surface area (Å²) >= 11 is 0. The Hall–Kier alpha value is 0.398. The first kappa shape index (κ1) is 29.9. The zero-order chi connectivity index (χ0) is 10.7. The number of rotatable bonds is 5. The Labute approximate surface area is 110 Å².